The molecule has 0 aliphatic carbocycles. The largest absolute Gasteiger partial charge is 0.331 e. The number of nitrogens with zero attached hydrogens (tertiary/aromatic N) is 6. The minimum Gasteiger partial charge on any atom is -0.331 e. The summed E-state index contributed by atoms with van der Waals surface area (Å²) in [7, 11) is 0. The lowest BCUT2D eigenvalue weighted by molar-refractivity contribution is 0.295. The summed E-state index contributed by atoms with van der Waals surface area (Å²) >= 11 is 0. The van der Waals surface area contributed by atoms with E-state index >= 15 is 0 Å². The van der Waals surface area contributed by atoms with Crippen LogP contribution in [0.5, 0.6) is 0 Å². The molecule has 8 nitrogen and oxygen atoms in total. The summed E-state index contributed by atoms with van der Waals surface area (Å²) in [4.78, 5) is 40.8. The van der Waals surface area contributed by atoms with Crippen LogP contribution in [0.4, 0.5) is 0 Å². The predicted octanol–water partition coefficient (Wildman–Crippen LogP) is 13.3. The monoisotopic (exact) mass is 834 g/mol. The first-order chi connectivity index (χ1) is 30.8. The highest BCUT2D eigenvalue weighted by Crippen LogP contribution is 2.51. The number of hydrogen-bond donors (Lipinski definition) is 2. The van der Waals surface area contributed by atoms with Crippen LogP contribution in [-0.2, 0) is 21.7 Å². The van der Waals surface area contributed by atoms with Gasteiger partial charge >= 0.3 is 0 Å². The van der Waals surface area contributed by atoms with Crippen LogP contribution in [0.15, 0.2) is 146 Å². The zero-order valence-electron chi connectivity index (χ0n) is 37.5. The van der Waals surface area contributed by atoms with Gasteiger partial charge in [0.15, 0.2) is 11.6 Å². The summed E-state index contributed by atoms with van der Waals surface area (Å²) in [5.74, 6) is 4.18. The quantitative estimate of drug-likeness (QED) is 0.183. The summed E-state index contributed by atoms with van der Waals surface area (Å²) < 4.78 is 0. The van der Waals surface area contributed by atoms with Gasteiger partial charge in [0.05, 0.1) is 0 Å². The van der Waals surface area contributed by atoms with Crippen LogP contribution in [0.2, 0.25) is 0 Å². The zero-order chi connectivity index (χ0) is 44.2. The van der Waals surface area contributed by atoms with E-state index in [1.807, 2.05) is 0 Å². The molecule has 8 heteroatoms. The summed E-state index contributed by atoms with van der Waals surface area (Å²) in [6.07, 6.45) is 0. The van der Waals surface area contributed by atoms with Gasteiger partial charge in [0, 0.05) is 43.6 Å². The molecule has 0 saturated heterocycles. The second-order valence-electron chi connectivity index (χ2n) is 19.4. The van der Waals surface area contributed by atoms with E-state index in [1.54, 1.807) is 0 Å². The number of nitrogens with one attached hydrogen (secondary N) is 2. The van der Waals surface area contributed by atoms with Gasteiger partial charge in [-0.3, -0.25) is 0 Å². The third-order valence-corrected chi connectivity index (χ3v) is 14.9. The van der Waals surface area contributed by atoms with Crippen molar-refractivity contribution < 1.29 is 0 Å². The smallest absolute Gasteiger partial charge is 0.165 e. The molecule has 3 aliphatic heterocycles. The lowest BCUT2D eigenvalue weighted by atomic mass is 9.68. The Bertz CT molecular complexity index is 3360. The molecule has 0 saturated carbocycles. The zero-order valence-corrected chi connectivity index (χ0v) is 37.5. The van der Waals surface area contributed by atoms with Gasteiger partial charge in [-0.2, -0.15) is 0 Å². The Hall–Kier alpha value is -7.32. The first-order valence-electron chi connectivity index (χ1n) is 22.1. The highest BCUT2D eigenvalue weighted by atomic mass is 15.1. The van der Waals surface area contributed by atoms with Crippen molar-refractivity contribution in [1.82, 2.24) is 39.9 Å². The van der Waals surface area contributed by atoms with E-state index in [-0.39, 0.29) is 0 Å². The number of rotatable bonds is 4. The molecule has 11 rings (SSSR count). The van der Waals surface area contributed by atoms with Crippen LogP contribution >= 0.6 is 0 Å². The van der Waals surface area contributed by atoms with Crippen LogP contribution in [-0.4, -0.2) is 39.9 Å². The Kier molecular flexibility index (Phi) is 8.70. The van der Waals surface area contributed by atoms with Gasteiger partial charge in [0.2, 0.25) is 0 Å². The molecule has 8 aromatic rings. The van der Waals surface area contributed by atoms with Gasteiger partial charge in [0.25, 0.3) is 0 Å². The second kappa shape index (κ2) is 14.1. The predicted molar refractivity (Wildman–Crippen MR) is 259 cm³/mol. The highest BCUT2D eigenvalue weighted by Gasteiger charge is 2.51. The number of benzene rings is 6. The van der Waals surface area contributed by atoms with Gasteiger partial charge in [-0.1, -0.05) is 201 Å². The number of fused-ring (bicyclic) bond motifs is 14. The van der Waals surface area contributed by atoms with Gasteiger partial charge in [-0.15, -0.1) is 0 Å². The van der Waals surface area contributed by atoms with E-state index in [4.69, 9.17) is 29.9 Å². The Morgan fingerprint density at radius 1 is 0.312 bits per heavy atom. The summed E-state index contributed by atoms with van der Waals surface area (Å²) in [5.41, 5.74) is 9.71. The van der Waals surface area contributed by atoms with Crippen molar-refractivity contribution in [3.8, 4) is 67.3 Å². The highest BCUT2D eigenvalue weighted by molar-refractivity contribution is 6.18. The fourth-order valence-electron chi connectivity index (χ4n) is 9.42. The van der Waals surface area contributed by atoms with Crippen molar-refractivity contribution in [3.05, 3.63) is 169 Å². The van der Waals surface area contributed by atoms with Crippen molar-refractivity contribution in [2.24, 2.45) is 0 Å². The minimum absolute atomic E-state index is 0.446. The van der Waals surface area contributed by atoms with Crippen LogP contribution in [0, 0.1) is 0 Å². The van der Waals surface area contributed by atoms with Crippen molar-refractivity contribution >= 4 is 22.1 Å². The van der Waals surface area contributed by atoms with Crippen molar-refractivity contribution in [3.63, 3.8) is 0 Å². The molecule has 2 N–H and O–H groups in total. The summed E-state index contributed by atoms with van der Waals surface area (Å²) in [6.45, 7) is 17.8. The molecule has 0 spiro atoms. The van der Waals surface area contributed by atoms with Gasteiger partial charge < -0.3 is 9.97 Å². The van der Waals surface area contributed by atoms with E-state index in [1.165, 1.54) is 0 Å². The first kappa shape index (κ1) is 39.5. The molecule has 0 radical (unpaired) electrons. The fourth-order valence-corrected chi connectivity index (χ4v) is 9.42. The minimum atomic E-state index is -0.495. The number of hydrogen-bond acceptors (Lipinski definition) is 6. The standard InChI is InChI=1S/C56H50N8/c1-53(2)49-60-47-43-39(35-25-17-11-18-26-35)31-29-37(33-21-13-9-14-22-33)41(43)45(58-47)57-46-42-38(34-23-15-10-16-24-34)30-32-40(36-27-19-12-20-28-36)44(42)48(59-46)61-50-54(3,4)56(7,8)52(63-50)64-51(62-49)55(53,5)6/h9-32H,1-8H3,(H2,57,58,59,60,61,62,63,64). The molecule has 0 amide bonds. The van der Waals surface area contributed by atoms with Crippen molar-refractivity contribution in [2.45, 2.75) is 77.0 Å². The van der Waals surface area contributed by atoms with Crippen LogP contribution < -0.4 is 0 Å². The van der Waals surface area contributed by atoms with Crippen molar-refractivity contribution in [1.29, 1.82) is 0 Å². The molecule has 6 aromatic carbocycles. The van der Waals surface area contributed by atoms with Gasteiger partial charge in [-0.05, 0) is 44.5 Å². The average Bonchev–Trinajstić information content (AvgIpc) is 3.94. The number of H-pyrrole nitrogens is 2. The molecular formula is C56H50N8. The topological polar surface area (TPSA) is 109 Å². The average molecular weight is 835 g/mol. The summed E-state index contributed by atoms with van der Waals surface area (Å²) in [6, 6.07) is 50.9. The molecule has 64 heavy (non-hydrogen) atoms. The lowest BCUT2D eigenvalue weighted by Gasteiger charge is -2.35. The molecule has 314 valence electrons. The van der Waals surface area contributed by atoms with Gasteiger partial charge in [-0.25, -0.2) is 29.9 Å². The maximum absolute atomic E-state index is 5.70. The van der Waals surface area contributed by atoms with Crippen LogP contribution in [0.1, 0.15) is 78.7 Å². The van der Waals surface area contributed by atoms with Crippen LogP contribution in [0.25, 0.3) is 89.4 Å². The van der Waals surface area contributed by atoms with E-state index in [9.17, 15) is 0 Å². The molecule has 5 heterocycles. The van der Waals surface area contributed by atoms with E-state index in [0.29, 0.717) is 28.8 Å². The number of aromatic nitrogens is 8. The first-order valence-corrected chi connectivity index (χ1v) is 22.1. The fraction of sp³-hybridized carbons (Fsp3) is 0.214. The third kappa shape index (κ3) is 5.81. The SMILES string of the molecule is CC1(C)c2nc(nc3[nH]c(nc4nc(nc5[nH]c(n2)C(C)(C)C5(C)C)-c2c(-c5ccccc5)ccc(-c5ccccc5)c2-4)c2c(-c4ccccc4)ccc(-c4ccccc4)c32)C1(C)C. The Morgan fingerprint density at radius 3 is 1.12 bits per heavy atom. The molecule has 0 unspecified atom stereocenters. The molecule has 2 aromatic heterocycles. The van der Waals surface area contributed by atoms with E-state index in [0.717, 1.165) is 83.9 Å². The normalized spacial score (nSPS) is 16.0. The lowest BCUT2D eigenvalue weighted by Crippen LogP contribution is -2.39. The Morgan fingerprint density at radius 2 is 0.672 bits per heavy atom. The summed E-state index contributed by atoms with van der Waals surface area (Å²) in [5, 5.41) is 1.91. The van der Waals surface area contributed by atoms with E-state index in [2.05, 4.69) is 211 Å². The molecule has 3 aliphatic rings. The third-order valence-electron chi connectivity index (χ3n) is 14.9. The Balaban J connectivity index is 1.39. The maximum Gasteiger partial charge on any atom is 0.165 e. The molecule has 8 bridgehead atoms. The van der Waals surface area contributed by atoms with Crippen LogP contribution in [0.3, 0.4) is 0 Å². The van der Waals surface area contributed by atoms with Crippen molar-refractivity contribution in [2.75, 3.05) is 0 Å². The van der Waals surface area contributed by atoms with E-state index < -0.39 is 21.7 Å². The molecule has 0 fully saturated rings. The number of aromatic amines is 2. The van der Waals surface area contributed by atoms with Gasteiger partial charge in [0.1, 0.15) is 34.6 Å². The Labute approximate surface area is 373 Å². The molecular weight excluding hydrogens is 785 g/mol. The second-order valence-corrected chi connectivity index (χ2v) is 19.4. The maximum atomic E-state index is 5.70. The molecule has 0 atom stereocenters.